The number of aromatic nitrogens is 2. The van der Waals surface area contributed by atoms with Crippen LogP contribution in [0.15, 0.2) is 11.3 Å². The second-order valence-corrected chi connectivity index (χ2v) is 1.57. The number of hydrogen-bond donors (Lipinski definition) is 0. The van der Waals surface area contributed by atoms with E-state index in [9.17, 15) is 0 Å². The number of hydrogen-bond acceptors (Lipinski definition) is 2. The van der Waals surface area contributed by atoms with Crippen molar-refractivity contribution in [3.8, 4) is 0 Å². The SMILES string of the molecule is C[C-]=Nn1[c-]cnc1C.[Y]. The van der Waals surface area contributed by atoms with Crippen LogP contribution < -0.4 is 0 Å². The minimum absolute atomic E-state index is 0. The zero-order chi connectivity index (χ0) is 6.69. The summed E-state index contributed by atoms with van der Waals surface area (Å²) in [6.45, 7) is 3.59. The minimum Gasteiger partial charge on any atom is -0.428 e. The Morgan fingerprint density at radius 3 is 2.90 bits per heavy atom. The third kappa shape index (κ3) is 2.31. The summed E-state index contributed by atoms with van der Waals surface area (Å²) in [7, 11) is 0. The molecule has 1 rings (SSSR count). The van der Waals surface area contributed by atoms with E-state index >= 15 is 0 Å². The van der Waals surface area contributed by atoms with Crippen LogP contribution in [0.3, 0.4) is 0 Å². The molecule has 0 aliphatic rings. The quantitative estimate of drug-likeness (QED) is 0.496. The maximum absolute atomic E-state index is 3.91. The van der Waals surface area contributed by atoms with Crippen LogP contribution in [0.1, 0.15) is 12.7 Å². The fraction of sp³-hybridized carbons (Fsp3) is 0.333. The zero-order valence-electron chi connectivity index (χ0n) is 6.00. The van der Waals surface area contributed by atoms with Gasteiger partial charge < -0.3 is 21.0 Å². The van der Waals surface area contributed by atoms with Crippen molar-refractivity contribution in [2.24, 2.45) is 5.10 Å². The van der Waals surface area contributed by atoms with Gasteiger partial charge in [0, 0.05) is 32.7 Å². The second-order valence-electron chi connectivity index (χ2n) is 1.57. The summed E-state index contributed by atoms with van der Waals surface area (Å²) < 4.78 is 1.54. The van der Waals surface area contributed by atoms with Gasteiger partial charge in [-0.2, -0.15) is 6.92 Å². The van der Waals surface area contributed by atoms with Gasteiger partial charge >= 0.3 is 0 Å². The molecule has 0 saturated carbocycles. The van der Waals surface area contributed by atoms with E-state index in [1.54, 1.807) is 17.8 Å². The van der Waals surface area contributed by atoms with Gasteiger partial charge in [0.15, 0.2) is 0 Å². The first kappa shape index (κ1) is 9.98. The third-order valence-electron chi connectivity index (χ3n) is 0.938. The molecule has 4 heteroatoms. The summed E-state index contributed by atoms with van der Waals surface area (Å²) in [4.78, 5) is 3.91. The maximum atomic E-state index is 3.91. The van der Waals surface area contributed by atoms with E-state index in [1.807, 2.05) is 6.92 Å². The maximum Gasteiger partial charge on any atom is 0 e. The summed E-state index contributed by atoms with van der Waals surface area (Å²) in [5.74, 6) is 0.823. The van der Waals surface area contributed by atoms with Crippen LogP contribution in [-0.2, 0) is 32.7 Å². The molecule has 0 amide bonds. The molecule has 1 aromatic rings. The van der Waals surface area contributed by atoms with Gasteiger partial charge in [-0.25, -0.2) is 0 Å². The van der Waals surface area contributed by atoms with Crippen LogP contribution >= 0.6 is 0 Å². The molecule has 0 atom stereocenters. The van der Waals surface area contributed by atoms with Crippen molar-refractivity contribution in [1.29, 1.82) is 0 Å². The van der Waals surface area contributed by atoms with Gasteiger partial charge in [-0.05, 0) is 5.82 Å². The molecule has 0 spiro atoms. The molecule has 3 nitrogen and oxygen atoms in total. The van der Waals surface area contributed by atoms with Crippen LogP contribution in [0.5, 0.6) is 0 Å². The fourth-order valence-corrected chi connectivity index (χ4v) is 0.526. The summed E-state index contributed by atoms with van der Waals surface area (Å²) in [6, 6.07) is 0. The third-order valence-corrected chi connectivity index (χ3v) is 0.938. The normalized spacial score (nSPS) is 9.80. The van der Waals surface area contributed by atoms with Crippen molar-refractivity contribution >= 4 is 6.21 Å². The zero-order valence-corrected chi connectivity index (χ0v) is 8.83. The first-order valence-corrected chi connectivity index (χ1v) is 2.64. The van der Waals surface area contributed by atoms with E-state index in [0.717, 1.165) is 5.82 Å². The summed E-state index contributed by atoms with van der Waals surface area (Å²) >= 11 is 0. The molecular formula is C6H7N3Y-2. The van der Waals surface area contributed by atoms with Gasteiger partial charge in [0.1, 0.15) is 0 Å². The van der Waals surface area contributed by atoms with E-state index in [-0.39, 0.29) is 32.7 Å². The molecule has 1 aromatic heterocycles. The predicted molar refractivity (Wildman–Crippen MR) is 34.3 cm³/mol. The summed E-state index contributed by atoms with van der Waals surface area (Å²) in [6.07, 6.45) is 6.99. The van der Waals surface area contributed by atoms with Crippen molar-refractivity contribution in [3.05, 3.63) is 18.2 Å². The van der Waals surface area contributed by atoms with Gasteiger partial charge in [0.25, 0.3) is 0 Å². The second kappa shape index (κ2) is 4.75. The molecule has 10 heavy (non-hydrogen) atoms. The monoisotopic (exact) mass is 210 g/mol. The molecule has 0 bridgehead atoms. The van der Waals surface area contributed by atoms with Crippen LogP contribution in [0.2, 0.25) is 0 Å². The molecular weight excluding hydrogens is 203 g/mol. The molecule has 0 aromatic carbocycles. The van der Waals surface area contributed by atoms with E-state index < -0.39 is 0 Å². The standard InChI is InChI=1S/C6H7N3.Y/c1-3-8-9-5-4-7-6(9)2;/h4H,1-2H3;/q-2;. The van der Waals surface area contributed by atoms with E-state index in [1.165, 1.54) is 0 Å². The number of rotatable bonds is 1. The van der Waals surface area contributed by atoms with E-state index in [4.69, 9.17) is 0 Å². The largest absolute Gasteiger partial charge is 0.428 e. The smallest absolute Gasteiger partial charge is 0 e. The van der Waals surface area contributed by atoms with Crippen LogP contribution in [0.25, 0.3) is 0 Å². The van der Waals surface area contributed by atoms with Crippen molar-refractivity contribution < 1.29 is 32.7 Å². The Kier molecular flexibility index (Phi) is 4.74. The molecule has 1 radical (unpaired) electrons. The Bertz CT molecular complexity index is 217. The van der Waals surface area contributed by atoms with Gasteiger partial charge in [0.05, 0.1) is 0 Å². The Morgan fingerprint density at radius 1 is 1.80 bits per heavy atom. The molecule has 0 aliphatic carbocycles. The van der Waals surface area contributed by atoms with E-state index in [2.05, 4.69) is 22.5 Å². The topological polar surface area (TPSA) is 30.2 Å². The summed E-state index contributed by atoms with van der Waals surface area (Å²) in [5.41, 5.74) is 0. The van der Waals surface area contributed by atoms with E-state index in [0.29, 0.717) is 0 Å². The molecule has 0 fully saturated rings. The van der Waals surface area contributed by atoms with Crippen molar-refractivity contribution in [2.45, 2.75) is 13.8 Å². The molecule has 0 N–H and O–H groups in total. The molecule has 0 aliphatic heterocycles. The van der Waals surface area contributed by atoms with Crippen LogP contribution in [0.4, 0.5) is 0 Å². The van der Waals surface area contributed by atoms with Crippen molar-refractivity contribution in [1.82, 2.24) is 9.66 Å². The van der Waals surface area contributed by atoms with Crippen molar-refractivity contribution in [2.75, 3.05) is 0 Å². The number of imidazole rings is 1. The molecule has 0 unspecified atom stereocenters. The number of nitrogens with zero attached hydrogens (tertiary/aromatic N) is 3. The molecule has 1 heterocycles. The minimum atomic E-state index is 0. The average molecular weight is 210 g/mol. The molecule has 0 saturated heterocycles. The van der Waals surface area contributed by atoms with Crippen LogP contribution in [0, 0.1) is 13.1 Å². The van der Waals surface area contributed by atoms with Crippen molar-refractivity contribution in [3.63, 3.8) is 0 Å². The van der Waals surface area contributed by atoms with Crippen LogP contribution in [-0.4, -0.2) is 15.9 Å². The fourth-order valence-electron chi connectivity index (χ4n) is 0.526. The van der Waals surface area contributed by atoms with Gasteiger partial charge in [-0.3, -0.25) is 0 Å². The Morgan fingerprint density at radius 2 is 2.50 bits per heavy atom. The average Bonchev–Trinajstić information content (AvgIpc) is 2.18. The Labute approximate surface area is 85.4 Å². The van der Waals surface area contributed by atoms with Gasteiger partial charge in [-0.1, -0.05) is 13.1 Å². The Balaban J connectivity index is 0.000000810. The first-order chi connectivity index (χ1) is 4.34. The first-order valence-electron chi connectivity index (χ1n) is 2.64. The van der Waals surface area contributed by atoms with Gasteiger partial charge in [0.2, 0.25) is 0 Å². The summed E-state index contributed by atoms with van der Waals surface area (Å²) in [5, 5.41) is 3.81. The van der Waals surface area contributed by atoms with Gasteiger partial charge in [-0.15, -0.1) is 6.20 Å². The predicted octanol–water partition coefficient (Wildman–Crippen LogP) is 0.720. The molecule has 51 valence electrons. The number of aryl methyl sites for hydroxylation is 1. The Hall–Kier alpha value is -0.0161.